The molecule has 2 aliphatic rings. The molecule has 0 unspecified atom stereocenters. The summed E-state index contributed by atoms with van der Waals surface area (Å²) in [6, 6.07) is 12.7. The molecule has 2 aliphatic heterocycles. The van der Waals surface area contributed by atoms with Gasteiger partial charge in [-0.05, 0) is 73.4 Å². The molecule has 1 aromatic heterocycles. The zero-order chi connectivity index (χ0) is 24.8. The summed E-state index contributed by atoms with van der Waals surface area (Å²) in [5.41, 5.74) is 6.52. The zero-order valence-electron chi connectivity index (χ0n) is 21.6. The van der Waals surface area contributed by atoms with Crippen molar-refractivity contribution in [2.24, 2.45) is 10.9 Å². The van der Waals surface area contributed by atoms with Gasteiger partial charge in [-0.3, -0.25) is 4.98 Å². The third-order valence-corrected chi connectivity index (χ3v) is 6.81. The summed E-state index contributed by atoms with van der Waals surface area (Å²) in [4.78, 5) is 14.2. The second-order valence-electron chi connectivity index (χ2n) is 9.93. The first-order valence-corrected chi connectivity index (χ1v) is 12.9. The Bertz CT molecular complexity index is 1110. The minimum Gasteiger partial charge on any atom is -0.385 e. The minimum absolute atomic E-state index is 0.566. The van der Waals surface area contributed by atoms with Gasteiger partial charge in [0.15, 0.2) is 0 Å². The Labute approximate surface area is 211 Å². The average Bonchev–Trinajstić information content (AvgIpc) is 3.31. The highest BCUT2D eigenvalue weighted by molar-refractivity contribution is 5.86. The lowest BCUT2D eigenvalue weighted by Crippen LogP contribution is -2.34. The molecule has 35 heavy (non-hydrogen) atoms. The maximum Gasteiger partial charge on any atom is 0.138 e. The summed E-state index contributed by atoms with van der Waals surface area (Å²) in [5.74, 6) is 2.66. The summed E-state index contributed by atoms with van der Waals surface area (Å²) >= 11 is 0. The van der Waals surface area contributed by atoms with Gasteiger partial charge in [-0.2, -0.15) is 0 Å². The van der Waals surface area contributed by atoms with Gasteiger partial charge >= 0.3 is 0 Å². The molecule has 2 aromatic rings. The van der Waals surface area contributed by atoms with Crippen molar-refractivity contribution < 1.29 is 0 Å². The number of anilines is 1. The van der Waals surface area contributed by atoms with Crippen LogP contribution in [0.2, 0.25) is 0 Å². The quantitative estimate of drug-likeness (QED) is 0.362. The Hall–Kier alpha value is -3.34. The first-order chi connectivity index (χ1) is 16.9. The fraction of sp³-hybridized carbons (Fsp3) is 0.400. The van der Waals surface area contributed by atoms with Gasteiger partial charge in [-0.1, -0.05) is 45.2 Å². The second-order valence-corrected chi connectivity index (χ2v) is 9.93. The van der Waals surface area contributed by atoms with Crippen molar-refractivity contribution in [3.63, 3.8) is 0 Å². The molecular weight excluding hydrogens is 430 g/mol. The van der Waals surface area contributed by atoms with E-state index in [9.17, 15) is 0 Å². The molecule has 1 N–H and O–H groups in total. The van der Waals surface area contributed by atoms with Crippen LogP contribution in [0.25, 0.3) is 11.3 Å². The maximum absolute atomic E-state index is 5.23. The van der Waals surface area contributed by atoms with E-state index in [2.05, 4.69) is 90.4 Å². The topological polar surface area (TPSA) is 43.8 Å². The molecule has 0 atom stereocenters. The fourth-order valence-corrected chi connectivity index (χ4v) is 4.73. The zero-order valence-corrected chi connectivity index (χ0v) is 21.6. The molecule has 1 fully saturated rings. The van der Waals surface area contributed by atoms with Gasteiger partial charge in [0.1, 0.15) is 11.7 Å². The van der Waals surface area contributed by atoms with E-state index < -0.39 is 0 Å². The smallest absolute Gasteiger partial charge is 0.138 e. The SMILES string of the molecule is C=C(NCC(C)C)c1cccc(C(=C)C2=C(/N=C(\C)N3CCCCC3)N(c3ccncc3)CC2)c1. The monoisotopic (exact) mass is 469 g/mol. The number of amidine groups is 1. The Morgan fingerprint density at radius 2 is 1.74 bits per heavy atom. The van der Waals surface area contributed by atoms with Crippen LogP contribution in [0.5, 0.6) is 0 Å². The van der Waals surface area contributed by atoms with Crippen LogP contribution in [-0.4, -0.2) is 41.9 Å². The van der Waals surface area contributed by atoms with Crippen LogP contribution in [-0.2, 0) is 0 Å². The summed E-state index contributed by atoms with van der Waals surface area (Å²) in [6.07, 6.45) is 8.39. The van der Waals surface area contributed by atoms with E-state index in [1.807, 2.05) is 12.4 Å². The number of hydrogen-bond donors (Lipinski definition) is 1. The van der Waals surface area contributed by atoms with Crippen LogP contribution in [0, 0.1) is 5.92 Å². The number of pyridine rings is 1. The molecule has 1 saturated heterocycles. The van der Waals surface area contributed by atoms with Crippen LogP contribution < -0.4 is 10.2 Å². The first kappa shape index (κ1) is 24.8. The average molecular weight is 470 g/mol. The summed E-state index contributed by atoms with van der Waals surface area (Å²) in [7, 11) is 0. The molecule has 1 aromatic carbocycles. The summed E-state index contributed by atoms with van der Waals surface area (Å²) in [6.45, 7) is 19.3. The Kier molecular flexibility index (Phi) is 8.06. The molecule has 184 valence electrons. The highest BCUT2D eigenvalue weighted by Gasteiger charge is 2.27. The number of piperidine rings is 1. The van der Waals surface area contributed by atoms with E-state index >= 15 is 0 Å². The molecular formula is C30H39N5. The highest BCUT2D eigenvalue weighted by Crippen LogP contribution is 2.37. The largest absolute Gasteiger partial charge is 0.385 e. The van der Waals surface area contributed by atoms with Gasteiger partial charge in [-0.15, -0.1) is 0 Å². The van der Waals surface area contributed by atoms with Crippen molar-refractivity contribution in [3.8, 4) is 0 Å². The third-order valence-electron chi connectivity index (χ3n) is 6.81. The van der Waals surface area contributed by atoms with Gasteiger partial charge in [0.05, 0.1) is 0 Å². The van der Waals surface area contributed by atoms with Gasteiger partial charge in [0.25, 0.3) is 0 Å². The molecule has 0 amide bonds. The predicted octanol–water partition coefficient (Wildman–Crippen LogP) is 6.34. The lowest BCUT2D eigenvalue weighted by Gasteiger charge is -2.29. The van der Waals surface area contributed by atoms with Crippen LogP contribution in [0.4, 0.5) is 5.69 Å². The van der Waals surface area contributed by atoms with Gasteiger partial charge in [0, 0.05) is 55.5 Å². The summed E-state index contributed by atoms with van der Waals surface area (Å²) in [5, 5.41) is 3.46. The van der Waals surface area contributed by atoms with E-state index in [0.717, 1.165) is 72.3 Å². The van der Waals surface area contributed by atoms with Crippen molar-refractivity contribution in [1.82, 2.24) is 15.2 Å². The van der Waals surface area contributed by atoms with E-state index in [1.54, 1.807) is 0 Å². The standard InChI is InChI=1S/C30H39N5/c1-22(2)21-32-24(4)27-11-9-10-26(20-27)23(3)29-14-19-35(28-12-15-31-16-13-28)30(29)33-25(5)34-17-7-6-8-18-34/h9-13,15-16,20,22,32H,3-4,6-8,14,17-19,21H2,1-2,5H3/b33-25+. The van der Waals surface area contributed by atoms with E-state index in [0.29, 0.717) is 5.92 Å². The number of likely N-dealkylation sites (tertiary alicyclic amines) is 1. The Morgan fingerprint density at radius 1 is 1.03 bits per heavy atom. The van der Waals surface area contributed by atoms with Crippen LogP contribution >= 0.6 is 0 Å². The molecule has 5 heteroatoms. The number of hydrogen-bond acceptors (Lipinski definition) is 4. The predicted molar refractivity (Wildman–Crippen MR) is 149 cm³/mol. The fourth-order valence-electron chi connectivity index (χ4n) is 4.73. The van der Waals surface area contributed by atoms with E-state index in [-0.39, 0.29) is 0 Å². The van der Waals surface area contributed by atoms with Crippen molar-refractivity contribution in [3.05, 3.63) is 84.5 Å². The third kappa shape index (κ3) is 6.02. The lowest BCUT2D eigenvalue weighted by atomic mass is 9.96. The Balaban J connectivity index is 1.67. The minimum atomic E-state index is 0.566. The van der Waals surface area contributed by atoms with E-state index in [1.165, 1.54) is 24.8 Å². The normalized spacial score (nSPS) is 16.7. The van der Waals surface area contributed by atoms with Crippen molar-refractivity contribution in [2.45, 2.75) is 46.5 Å². The number of aromatic nitrogens is 1. The molecule has 3 heterocycles. The number of benzene rings is 1. The highest BCUT2D eigenvalue weighted by atomic mass is 15.3. The lowest BCUT2D eigenvalue weighted by molar-refractivity contribution is 0.340. The van der Waals surface area contributed by atoms with Crippen LogP contribution in [0.1, 0.15) is 57.6 Å². The molecule has 0 bridgehead atoms. The second kappa shape index (κ2) is 11.4. The van der Waals surface area contributed by atoms with Crippen molar-refractivity contribution in [1.29, 1.82) is 0 Å². The molecule has 0 aliphatic carbocycles. The maximum atomic E-state index is 5.23. The summed E-state index contributed by atoms with van der Waals surface area (Å²) < 4.78 is 0. The molecule has 5 nitrogen and oxygen atoms in total. The van der Waals surface area contributed by atoms with Crippen LogP contribution in [0.15, 0.2) is 78.3 Å². The van der Waals surface area contributed by atoms with Gasteiger partial charge < -0.3 is 15.1 Å². The van der Waals surface area contributed by atoms with Crippen molar-refractivity contribution in [2.75, 3.05) is 31.1 Å². The molecule has 4 rings (SSSR count). The molecule has 0 saturated carbocycles. The number of nitrogens with one attached hydrogen (secondary N) is 1. The van der Waals surface area contributed by atoms with Gasteiger partial charge in [-0.25, -0.2) is 4.99 Å². The number of aliphatic imine (C=N–C) groups is 1. The van der Waals surface area contributed by atoms with Crippen molar-refractivity contribution >= 4 is 22.8 Å². The van der Waals surface area contributed by atoms with E-state index in [4.69, 9.17) is 4.99 Å². The number of nitrogens with zero attached hydrogens (tertiary/aromatic N) is 4. The first-order valence-electron chi connectivity index (χ1n) is 12.9. The molecule has 0 radical (unpaired) electrons. The van der Waals surface area contributed by atoms with Gasteiger partial charge in [0.2, 0.25) is 0 Å². The Morgan fingerprint density at radius 3 is 2.46 bits per heavy atom. The van der Waals surface area contributed by atoms with Crippen LogP contribution in [0.3, 0.4) is 0 Å². The number of allylic oxidation sites excluding steroid dienone is 1. The number of rotatable bonds is 8. The molecule has 0 spiro atoms.